The van der Waals surface area contributed by atoms with Crippen molar-refractivity contribution >= 4 is 22.7 Å². The first kappa shape index (κ1) is 22.3. The van der Waals surface area contributed by atoms with Crippen LogP contribution in [0.3, 0.4) is 0 Å². The van der Waals surface area contributed by atoms with E-state index in [2.05, 4.69) is 24.0 Å². The van der Waals surface area contributed by atoms with E-state index in [0.29, 0.717) is 25.5 Å². The SMILES string of the molecule is CCCOc1ccc(C2CN3C(=O)CN(C)C(=O)C3(C)c3[nH]c4ccccc4c32)cc1OCC. The summed E-state index contributed by atoms with van der Waals surface area (Å²) in [5.41, 5.74) is 2.78. The van der Waals surface area contributed by atoms with Crippen LogP contribution in [0.4, 0.5) is 0 Å². The number of hydrogen-bond acceptors (Lipinski definition) is 4. The van der Waals surface area contributed by atoms with Gasteiger partial charge in [0.15, 0.2) is 17.0 Å². The maximum atomic E-state index is 13.5. The van der Waals surface area contributed by atoms with Gasteiger partial charge in [-0.05, 0) is 49.6 Å². The molecule has 0 saturated carbocycles. The first-order chi connectivity index (χ1) is 16.4. The Balaban J connectivity index is 1.70. The summed E-state index contributed by atoms with van der Waals surface area (Å²) in [6.45, 7) is 7.54. The van der Waals surface area contributed by atoms with Crippen molar-refractivity contribution in [2.24, 2.45) is 0 Å². The lowest BCUT2D eigenvalue weighted by atomic mass is 9.76. The number of aromatic nitrogens is 1. The van der Waals surface area contributed by atoms with E-state index in [9.17, 15) is 9.59 Å². The van der Waals surface area contributed by atoms with Crippen LogP contribution >= 0.6 is 0 Å². The molecule has 1 aromatic heterocycles. The van der Waals surface area contributed by atoms with Crippen LogP contribution in [-0.2, 0) is 15.1 Å². The number of rotatable bonds is 6. The number of fused-ring (bicyclic) bond motifs is 5. The van der Waals surface area contributed by atoms with E-state index in [-0.39, 0.29) is 24.3 Å². The molecule has 0 bridgehead atoms. The van der Waals surface area contributed by atoms with Gasteiger partial charge in [-0.25, -0.2) is 0 Å². The van der Waals surface area contributed by atoms with Gasteiger partial charge in [0.25, 0.3) is 5.91 Å². The number of likely N-dealkylation sites (N-methyl/N-ethyl adjacent to an activating group) is 1. The number of amides is 2. The minimum Gasteiger partial charge on any atom is -0.490 e. The number of para-hydroxylation sites is 1. The average Bonchev–Trinajstić information content (AvgIpc) is 3.23. The van der Waals surface area contributed by atoms with Gasteiger partial charge < -0.3 is 24.3 Å². The molecule has 7 nitrogen and oxygen atoms in total. The van der Waals surface area contributed by atoms with E-state index >= 15 is 0 Å². The predicted octanol–water partition coefficient (Wildman–Crippen LogP) is 4.02. The second-order valence-electron chi connectivity index (χ2n) is 9.24. The van der Waals surface area contributed by atoms with Crippen LogP contribution in [0.2, 0.25) is 0 Å². The molecule has 34 heavy (non-hydrogen) atoms. The zero-order chi connectivity index (χ0) is 24.0. The highest BCUT2D eigenvalue weighted by molar-refractivity contribution is 6.01. The van der Waals surface area contributed by atoms with Crippen molar-refractivity contribution < 1.29 is 19.1 Å². The van der Waals surface area contributed by atoms with Gasteiger partial charge in [-0.1, -0.05) is 31.2 Å². The lowest BCUT2D eigenvalue weighted by molar-refractivity contribution is -0.164. The number of hydrogen-bond donors (Lipinski definition) is 1. The zero-order valence-electron chi connectivity index (χ0n) is 20.2. The van der Waals surface area contributed by atoms with E-state index in [1.165, 1.54) is 4.90 Å². The predicted molar refractivity (Wildman–Crippen MR) is 130 cm³/mol. The number of piperazine rings is 1. The summed E-state index contributed by atoms with van der Waals surface area (Å²) >= 11 is 0. The van der Waals surface area contributed by atoms with Crippen LogP contribution in [0.25, 0.3) is 10.9 Å². The Morgan fingerprint density at radius 2 is 1.88 bits per heavy atom. The zero-order valence-corrected chi connectivity index (χ0v) is 20.2. The average molecular weight is 462 g/mol. The smallest absolute Gasteiger partial charge is 0.254 e. The molecule has 3 heterocycles. The summed E-state index contributed by atoms with van der Waals surface area (Å²) in [6, 6.07) is 14.1. The van der Waals surface area contributed by atoms with Crippen molar-refractivity contribution in [1.82, 2.24) is 14.8 Å². The maximum absolute atomic E-state index is 13.5. The van der Waals surface area contributed by atoms with Gasteiger partial charge in [0, 0.05) is 30.4 Å². The van der Waals surface area contributed by atoms with Crippen molar-refractivity contribution in [3.05, 3.63) is 59.3 Å². The summed E-state index contributed by atoms with van der Waals surface area (Å²) in [7, 11) is 1.70. The Kier molecular flexibility index (Phi) is 5.50. The Morgan fingerprint density at radius 1 is 1.09 bits per heavy atom. The van der Waals surface area contributed by atoms with Gasteiger partial charge in [-0.15, -0.1) is 0 Å². The number of carbonyl (C=O) groups excluding carboxylic acids is 2. The summed E-state index contributed by atoms with van der Waals surface area (Å²) in [6.07, 6.45) is 0.909. The summed E-state index contributed by atoms with van der Waals surface area (Å²) in [5.74, 6) is 1.18. The standard InChI is InChI=1S/C27H31N3O4/c1-5-13-34-21-12-11-17(14-22(21)33-6-2)19-15-30-23(31)16-29(4)26(32)27(30,3)25-24(19)18-9-7-8-10-20(18)28-25/h7-12,14,19,28H,5-6,13,15-16H2,1-4H3. The highest BCUT2D eigenvalue weighted by Gasteiger charge is 2.55. The second kappa shape index (κ2) is 8.38. The molecule has 0 radical (unpaired) electrons. The van der Waals surface area contributed by atoms with Gasteiger partial charge in [0.1, 0.15) is 0 Å². The fraction of sp³-hybridized carbons (Fsp3) is 0.407. The number of H-pyrrole nitrogens is 1. The number of ether oxygens (including phenoxy) is 2. The minimum atomic E-state index is -1.07. The van der Waals surface area contributed by atoms with Crippen LogP contribution in [0.1, 0.15) is 49.9 Å². The van der Waals surface area contributed by atoms with Crippen LogP contribution in [-0.4, -0.2) is 59.9 Å². The van der Waals surface area contributed by atoms with Crippen molar-refractivity contribution in [3.63, 3.8) is 0 Å². The third-order valence-corrected chi connectivity index (χ3v) is 7.05. The number of carbonyl (C=O) groups is 2. The molecule has 2 aliphatic rings. The summed E-state index contributed by atoms with van der Waals surface area (Å²) < 4.78 is 11.8. The van der Waals surface area contributed by atoms with Gasteiger partial charge in [-0.3, -0.25) is 9.59 Å². The Hall–Kier alpha value is -3.48. The lowest BCUT2D eigenvalue weighted by Crippen LogP contribution is -2.66. The summed E-state index contributed by atoms with van der Waals surface area (Å²) in [5, 5.41) is 1.07. The molecular weight excluding hydrogens is 430 g/mol. The number of nitrogens with one attached hydrogen (secondary N) is 1. The second-order valence-corrected chi connectivity index (χ2v) is 9.24. The third-order valence-electron chi connectivity index (χ3n) is 7.05. The van der Waals surface area contributed by atoms with Crippen LogP contribution in [0, 0.1) is 0 Å². The number of benzene rings is 2. The third kappa shape index (κ3) is 3.25. The van der Waals surface area contributed by atoms with E-state index in [1.807, 2.05) is 44.2 Å². The van der Waals surface area contributed by atoms with Crippen molar-refractivity contribution in [1.29, 1.82) is 0 Å². The van der Waals surface area contributed by atoms with Crippen molar-refractivity contribution in [3.8, 4) is 11.5 Å². The molecule has 3 aromatic rings. The van der Waals surface area contributed by atoms with E-state index in [0.717, 1.165) is 39.9 Å². The highest BCUT2D eigenvalue weighted by Crippen LogP contribution is 2.48. The van der Waals surface area contributed by atoms with Gasteiger partial charge in [-0.2, -0.15) is 0 Å². The van der Waals surface area contributed by atoms with E-state index in [1.54, 1.807) is 11.9 Å². The minimum absolute atomic E-state index is 0.0492. The maximum Gasteiger partial charge on any atom is 0.254 e. The topological polar surface area (TPSA) is 74.9 Å². The Bertz CT molecular complexity index is 1270. The molecular formula is C27H31N3O4. The first-order valence-electron chi connectivity index (χ1n) is 12.0. The monoisotopic (exact) mass is 461 g/mol. The molecule has 1 fully saturated rings. The molecule has 7 heteroatoms. The fourth-order valence-electron chi connectivity index (χ4n) is 5.42. The Labute approximate surface area is 199 Å². The normalized spacial score (nSPS) is 22.1. The van der Waals surface area contributed by atoms with Crippen molar-refractivity contribution in [2.75, 3.05) is 33.4 Å². The molecule has 2 aliphatic heterocycles. The summed E-state index contributed by atoms with van der Waals surface area (Å²) in [4.78, 5) is 33.5. The molecule has 5 rings (SSSR count). The fourth-order valence-corrected chi connectivity index (χ4v) is 5.42. The van der Waals surface area contributed by atoms with Crippen molar-refractivity contribution in [2.45, 2.75) is 38.6 Å². The molecule has 1 N–H and O–H groups in total. The van der Waals surface area contributed by atoms with E-state index < -0.39 is 5.54 Å². The van der Waals surface area contributed by atoms with Gasteiger partial charge in [0.2, 0.25) is 5.91 Å². The van der Waals surface area contributed by atoms with E-state index in [4.69, 9.17) is 9.47 Å². The number of aromatic amines is 1. The lowest BCUT2D eigenvalue weighted by Gasteiger charge is -2.50. The number of nitrogens with zero attached hydrogens (tertiary/aromatic N) is 2. The molecule has 0 spiro atoms. The van der Waals surface area contributed by atoms with Gasteiger partial charge in [0.05, 0.1) is 25.5 Å². The molecule has 178 valence electrons. The van der Waals surface area contributed by atoms with Crippen LogP contribution in [0.5, 0.6) is 11.5 Å². The molecule has 1 saturated heterocycles. The largest absolute Gasteiger partial charge is 0.490 e. The van der Waals surface area contributed by atoms with Gasteiger partial charge >= 0.3 is 0 Å². The molecule has 2 unspecified atom stereocenters. The molecule has 2 aromatic carbocycles. The molecule has 2 atom stereocenters. The molecule has 2 amide bonds. The quantitative estimate of drug-likeness (QED) is 0.602. The first-order valence-corrected chi connectivity index (χ1v) is 12.0. The Morgan fingerprint density at radius 3 is 2.65 bits per heavy atom. The van der Waals surface area contributed by atoms with Crippen LogP contribution < -0.4 is 9.47 Å². The molecule has 0 aliphatic carbocycles. The highest BCUT2D eigenvalue weighted by atomic mass is 16.5. The van der Waals surface area contributed by atoms with Crippen LogP contribution in [0.15, 0.2) is 42.5 Å².